The number of likely N-dealkylation sites (N-methyl/N-ethyl adjacent to an activating group) is 1. The zero-order valence-corrected chi connectivity index (χ0v) is 13.8. The number of carbonyl (C=O) groups excluding carboxylic acids is 1. The minimum atomic E-state index is -0.466. The Balaban J connectivity index is 1.69. The molecule has 0 atom stereocenters. The van der Waals surface area contributed by atoms with Gasteiger partial charge in [-0.2, -0.15) is 0 Å². The number of nitrogens with one attached hydrogen (secondary N) is 1. The second kappa shape index (κ2) is 6.79. The Hall–Kier alpha value is -2.74. The van der Waals surface area contributed by atoms with Gasteiger partial charge >= 0.3 is 0 Å². The Bertz CT molecular complexity index is 778. The molecule has 1 N–H and O–H groups in total. The molecular formula is C16H20N6O2. The number of rotatable bonds is 3. The average molecular weight is 328 g/mol. The first-order chi connectivity index (χ1) is 11.5. The van der Waals surface area contributed by atoms with Crippen molar-refractivity contribution in [1.29, 1.82) is 0 Å². The highest BCUT2D eigenvalue weighted by Crippen LogP contribution is 2.12. The van der Waals surface area contributed by atoms with E-state index in [0.29, 0.717) is 11.6 Å². The average Bonchev–Trinajstić information content (AvgIpc) is 2.59. The van der Waals surface area contributed by atoms with Crippen LogP contribution in [0, 0.1) is 0 Å². The molecule has 1 amide bonds. The lowest BCUT2D eigenvalue weighted by Gasteiger charge is -2.32. The molecule has 8 heteroatoms. The van der Waals surface area contributed by atoms with Crippen LogP contribution in [0.5, 0.6) is 0 Å². The largest absolute Gasteiger partial charge is 0.338 e. The molecule has 3 heterocycles. The van der Waals surface area contributed by atoms with E-state index < -0.39 is 5.91 Å². The number of pyridine rings is 1. The molecule has 1 aliphatic heterocycles. The van der Waals surface area contributed by atoms with Gasteiger partial charge in [0.2, 0.25) is 5.95 Å². The number of hydrogen-bond donors (Lipinski definition) is 1. The third-order valence-corrected chi connectivity index (χ3v) is 4.05. The minimum absolute atomic E-state index is 0.0862. The summed E-state index contributed by atoms with van der Waals surface area (Å²) in [5, 5.41) is 2.66. The van der Waals surface area contributed by atoms with Crippen LogP contribution in [0.4, 0.5) is 11.6 Å². The van der Waals surface area contributed by atoms with Crippen molar-refractivity contribution >= 4 is 17.5 Å². The summed E-state index contributed by atoms with van der Waals surface area (Å²) >= 11 is 0. The van der Waals surface area contributed by atoms with Crippen LogP contribution in [-0.4, -0.2) is 58.6 Å². The highest BCUT2D eigenvalue weighted by Gasteiger charge is 2.17. The van der Waals surface area contributed by atoms with Gasteiger partial charge in [0, 0.05) is 39.4 Å². The highest BCUT2D eigenvalue weighted by atomic mass is 16.2. The summed E-state index contributed by atoms with van der Waals surface area (Å²) in [6, 6.07) is 3.15. The number of carbonyl (C=O) groups is 1. The van der Waals surface area contributed by atoms with E-state index in [1.165, 1.54) is 10.6 Å². The van der Waals surface area contributed by atoms with Crippen molar-refractivity contribution in [3.05, 3.63) is 46.6 Å². The van der Waals surface area contributed by atoms with E-state index >= 15 is 0 Å². The third-order valence-electron chi connectivity index (χ3n) is 4.05. The Morgan fingerprint density at radius 3 is 2.46 bits per heavy atom. The minimum Gasteiger partial charge on any atom is -0.338 e. The molecule has 0 unspecified atom stereocenters. The van der Waals surface area contributed by atoms with Gasteiger partial charge < -0.3 is 19.7 Å². The Morgan fingerprint density at radius 1 is 1.12 bits per heavy atom. The fraction of sp³-hybridized carbons (Fsp3) is 0.375. The van der Waals surface area contributed by atoms with E-state index in [-0.39, 0.29) is 11.1 Å². The van der Waals surface area contributed by atoms with Gasteiger partial charge in [0.05, 0.1) is 18.1 Å². The van der Waals surface area contributed by atoms with E-state index in [1.54, 1.807) is 31.7 Å². The predicted molar refractivity (Wildman–Crippen MR) is 91.4 cm³/mol. The van der Waals surface area contributed by atoms with Crippen molar-refractivity contribution in [2.75, 3.05) is 43.4 Å². The summed E-state index contributed by atoms with van der Waals surface area (Å²) in [5.74, 6) is 0.184. The first kappa shape index (κ1) is 16.1. The van der Waals surface area contributed by atoms with Gasteiger partial charge in [-0.3, -0.25) is 9.59 Å². The predicted octanol–water partition coefficient (Wildman–Crippen LogP) is 0.179. The van der Waals surface area contributed by atoms with E-state index in [1.807, 2.05) is 0 Å². The summed E-state index contributed by atoms with van der Waals surface area (Å²) in [6.07, 6.45) is 4.73. The quantitative estimate of drug-likeness (QED) is 0.865. The molecule has 0 aliphatic carbocycles. The molecular weight excluding hydrogens is 308 g/mol. The van der Waals surface area contributed by atoms with Crippen LogP contribution in [-0.2, 0) is 7.05 Å². The molecule has 3 rings (SSSR count). The van der Waals surface area contributed by atoms with Crippen molar-refractivity contribution in [3.8, 4) is 0 Å². The Morgan fingerprint density at radius 2 is 1.79 bits per heavy atom. The van der Waals surface area contributed by atoms with Crippen molar-refractivity contribution < 1.29 is 4.79 Å². The summed E-state index contributed by atoms with van der Waals surface area (Å²) in [6.45, 7) is 3.70. The van der Waals surface area contributed by atoms with Crippen LogP contribution in [0.3, 0.4) is 0 Å². The van der Waals surface area contributed by atoms with Crippen LogP contribution in [0.1, 0.15) is 10.4 Å². The van der Waals surface area contributed by atoms with E-state index in [2.05, 4.69) is 32.1 Å². The fourth-order valence-corrected chi connectivity index (χ4v) is 2.52. The van der Waals surface area contributed by atoms with E-state index in [9.17, 15) is 9.59 Å². The summed E-state index contributed by atoms with van der Waals surface area (Å²) in [4.78, 5) is 37.2. The first-order valence-electron chi connectivity index (χ1n) is 7.77. The van der Waals surface area contributed by atoms with Gasteiger partial charge in [-0.05, 0) is 19.2 Å². The van der Waals surface area contributed by atoms with Crippen LogP contribution < -0.4 is 15.8 Å². The molecule has 1 aliphatic rings. The molecule has 2 aromatic rings. The molecule has 126 valence electrons. The van der Waals surface area contributed by atoms with Crippen molar-refractivity contribution in [3.63, 3.8) is 0 Å². The number of piperazine rings is 1. The van der Waals surface area contributed by atoms with E-state index in [4.69, 9.17) is 0 Å². The second-order valence-electron chi connectivity index (χ2n) is 5.85. The smallest absolute Gasteiger partial charge is 0.263 e. The molecule has 0 saturated carbocycles. The lowest BCUT2D eigenvalue weighted by atomic mass is 10.2. The zero-order valence-electron chi connectivity index (χ0n) is 13.8. The standard InChI is InChI=1S/C16H20N6O2/c1-20-6-8-22(9-7-20)16-17-10-12(11-18-16)19-14(23)13-4-3-5-21(2)15(13)24/h3-5,10-11H,6-9H2,1-2H3,(H,19,23). The summed E-state index contributed by atoms with van der Waals surface area (Å²) < 4.78 is 1.36. The van der Waals surface area contributed by atoms with E-state index in [0.717, 1.165) is 26.2 Å². The summed E-state index contributed by atoms with van der Waals surface area (Å²) in [5.41, 5.74) is 0.205. The molecule has 0 aromatic carbocycles. The number of aryl methyl sites for hydroxylation is 1. The monoisotopic (exact) mass is 328 g/mol. The molecule has 1 fully saturated rings. The van der Waals surface area contributed by atoms with Crippen molar-refractivity contribution in [2.24, 2.45) is 7.05 Å². The summed E-state index contributed by atoms with van der Waals surface area (Å²) in [7, 11) is 3.69. The molecule has 2 aromatic heterocycles. The molecule has 24 heavy (non-hydrogen) atoms. The molecule has 8 nitrogen and oxygen atoms in total. The Labute approximate surface area is 139 Å². The van der Waals surface area contributed by atoms with Gasteiger partial charge in [0.1, 0.15) is 5.56 Å². The second-order valence-corrected chi connectivity index (χ2v) is 5.85. The van der Waals surface area contributed by atoms with Crippen LogP contribution in [0.25, 0.3) is 0 Å². The number of anilines is 2. The maximum atomic E-state index is 12.2. The van der Waals surface area contributed by atoms with Gasteiger partial charge in [-0.1, -0.05) is 0 Å². The number of hydrogen-bond acceptors (Lipinski definition) is 6. The first-order valence-corrected chi connectivity index (χ1v) is 7.77. The lowest BCUT2D eigenvalue weighted by Crippen LogP contribution is -2.45. The SMILES string of the molecule is CN1CCN(c2ncc(NC(=O)c3cccn(C)c3=O)cn2)CC1. The van der Waals surface area contributed by atoms with Crippen molar-refractivity contribution in [1.82, 2.24) is 19.4 Å². The molecule has 0 radical (unpaired) electrons. The number of aromatic nitrogens is 3. The fourth-order valence-electron chi connectivity index (χ4n) is 2.52. The highest BCUT2D eigenvalue weighted by molar-refractivity contribution is 6.03. The normalized spacial score (nSPS) is 15.3. The van der Waals surface area contributed by atoms with Crippen LogP contribution in [0.2, 0.25) is 0 Å². The molecule has 0 spiro atoms. The molecule has 1 saturated heterocycles. The third kappa shape index (κ3) is 3.43. The van der Waals surface area contributed by atoms with Crippen LogP contribution >= 0.6 is 0 Å². The van der Waals surface area contributed by atoms with Crippen LogP contribution in [0.15, 0.2) is 35.5 Å². The van der Waals surface area contributed by atoms with Gasteiger partial charge in [-0.25, -0.2) is 9.97 Å². The maximum absolute atomic E-state index is 12.2. The van der Waals surface area contributed by atoms with Crippen molar-refractivity contribution in [2.45, 2.75) is 0 Å². The zero-order chi connectivity index (χ0) is 17.1. The topological polar surface area (TPSA) is 83.4 Å². The number of nitrogens with zero attached hydrogens (tertiary/aromatic N) is 5. The van der Waals surface area contributed by atoms with Gasteiger partial charge in [0.25, 0.3) is 11.5 Å². The van der Waals surface area contributed by atoms with Gasteiger partial charge in [-0.15, -0.1) is 0 Å². The number of amides is 1. The Kier molecular flexibility index (Phi) is 4.57. The molecule has 0 bridgehead atoms. The lowest BCUT2D eigenvalue weighted by molar-refractivity contribution is 0.102. The maximum Gasteiger partial charge on any atom is 0.263 e. The van der Waals surface area contributed by atoms with Gasteiger partial charge in [0.15, 0.2) is 0 Å².